The van der Waals surface area contributed by atoms with E-state index in [1.54, 1.807) is 12.1 Å². The van der Waals surface area contributed by atoms with Gasteiger partial charge in [-0.15, -0.1) is 0 Å². The summed E-state index contributed by atoms with van der Waals surface area (Å²) in [6.07, 6.45) is 3.45. The molecule has 0 saturated heterocycles. The number of aliphatic imine (C=N–C) groups is 1. The zero-order valence-corrected chi connectivity index (χ0v) is 22.5. The van der Waals surface area contributed by atoms with E-state index in [0.29, 0.717) is 11.3 Å². The van der Waals surface area contributed by atoms with Gasteiger partial charge in [-0.25, -0.2) is 9.78 Å². The van der Waals surface area contributed by atoms with Crippen LogP contribution < -0.4 is 33.2 Å². The Morgan fingerprint density at radius 3 is 2.17 bits per heavy atom. The van der Waals surface area contributed by atoms with E-state index in [1.807, 2.05) is 0 Å². The highest BCUT2D eigenvalue weighted by Crippen LogP contribution is 2.12. The summed E-state index contributed by atoms with van der Waals surface area (Å²) in [6, 6.07) is 1.37. The number of carboxylic acid groups (broad SMARTS) is 1. The summed E-state index contributed by atoms with van der Waals surface area (Å²) in [6.45, 7) is 0.160. The number of guanidine groups is 1. The number of imidazole rings is 1. The van der Waals surface area contributed by atoms with Crippen LogP contribution in [-0.4, -0.2) is 86.3 Å². The van der Waals surface area contributed by atoms with Gasteiger partial charge in [0.15, 0.2) is 5.96 Å². The molecule has 1 aromatic heterocycles. The average Bonchev–Trinajstić information content (AvgIpc) is 3.42. The van der Waals surface area contributed by atoms with E-state index in [9.17, 15) is 29.4 Å². The van der Waals surface area contributed by atoms with Gasteiger partial charge in [0.2, 0.25) is 17.7 Å². The highest BCUT2D eigenvalue weighted by Gasteiger charge is 2.30. The number of phenolic OH excluding ortho intramolecular Hbond substituents is 1. The van der Waals surface area contributed by atoms with Gasteiger partial charge in [-0.2, -0.15) is 12.6 Å². The maximum atomic E-state index is 13.4. The number of H-pyrrole nitrogens is 1. The third-order valence-electron chi connectivity index (χ3n) is 5.72. The molecule has 0 radical (unpaired) electrons. The van der Waals surface area contributed by atoms with E-state index >= 15 is 0 Å². The molecule has 3 amide bonds. The van der Waals surface area contributed by atoms with Crippen molar-refractivity contribution < 1.29 is 29.4 Å². The molecule has 218 valence electrons. The van der Waals surface area contributed by atoms with Crippen LogP contribution in [0.1, 0.15) is 24.1 Å². The molecule has 0 saturated carbocycles. The number of carboxylic acids is 1. The SMILES string of the molecule is NC(N)=NCCCC(NC(=O)C(Cc1ccc(O)cc1)NC(=O)C(N)Cc1cnc[nH]1)C(=O)NC(CS)C(=O)O. The summed E-state index contributed by atoms with van der Waals surface area (Å²) in [4.78, 5) is 61.3. The second-order valence-corrected chi connectivity index (χ2v) is 9.28. The van der Waals surface area contributed by atoms with Crippen LogP contribution in [0.5, 0.6) is 5.75 Å². The standard InChI is InChI=1S/C24H35N9O6S/c25-16(9-14-10-28-12-30-14)20(35)32-18(8-13-3-5-15(34)6-4-13)22(37)31-17(2-1-7-29-24(26)27)21(36)33-19(11-40)23(38)39/h3-6,10,12,16-19,34,40H,1-2,7-9,11,25H2,(H,28,30)(H,31,37)(H,32,35)(H,33,36)(H,38,39)(H4,26,27,29). The largest absolute Gasteiger partial charge is 0.508 e. The van der Waals surface area contributed by atoms with E-state index < -0.39 is 47.9 Å². The number of hydrogen-bond donors (Lipinski definition) is 10. The predicted octanol–water partition coefficient (Wildman–Crippen LogP) is -2.25. The molecule has 4 unspecified atom stereocenters. The number of nitrogens with zero attached hydrogens (tertiary/aromatic N) is 2. The second-order valence-electron chi connectivity index (χ2n) is 8.91. The predicted molar refractivity (Wildman–Crippen MR) is 149 cm³/mol. The molecule has 12 N–H and O–H groups in total. The minimum absolute atomic E-state index is 0.00532. The number of carbonyl (C=O) groups excluding carboxylic acids is 3. The van der Waals surface area contributed by atoms with Gasteiger partial charge >= 0.3 is 5.97 Å². The summed E-state index contributed by atoms with van der Waals surface area (Å²) < 4.78 is 0. The van der Waals surface area contributed by atoms with Crippen molar-refractivity contribution in [2.45, 2.75) is 49.9 Å². The Bertz CT molecular complexity index is 1160. The quantitative estimate of drug-likeness (QED) is 0.0443. The Balaban J connectivity index is 2.23. The zero-order valence-electron chi connectivity index (χ0n) is 21.6. The first-order valence-corrected chi connectivity index (χ1v) is 12.9. The van der Waals surface area contributed by atoms with E-state index in [0.717, 1.165) is 0 Å². The lowest BCUT2D eigenvalue weighted by Crippen LogP contribution is -2.58. The molecule has 0 aliphatic rings. The summed E-state index contributed by atoms with van der Waals surface area (Å²) in [5, 5.41) is 26.5. The number of nitrogens with two attached hydrogens (primary N) is 3. The van der Waals surface area contributed by atoms with Crippen LogP contribution in [0, 0.1) is 0 Å². The fourth-order valence-corrected chi connectivity index (χ4v) is 3.83. The molecule has 40 heavy (non-hydrogen) atoms. The molecule has 0 bridgehead atoms. The number of thiol groups is 1. The van der Waals surface area contributed by atoms with Gasteiger partial charge < -0.3 is 48.3 Å². The molecule has 0 aliphatic heterocycles. The van der Waals surface area contributed by atoms with E-state index in [-0.39, 0.29) is 49.7 Å². The molecule has 1 heterocycles. The Kier molecular flexibility index (Phi) is 12.7. The highest BCUT2D eigenvalue weighted by molar-refractivity contribution is 7.80. The fourth-order valence-electron chi connectivity index (χ4n) is 3.58. The number of aromatic hydroxyl groups is 1. The molecule has 4 atom stereocenters. The number of nitrogens with one attached hydrogen (secondary N) is 4. The van der Waals surface area contributed by atoms with Gasteiger partial charge in [0.1, 0.15) is 23.9 Å². The van der Waals surface area contributed by atoms with Gasteiger partial charge in [0, 0.05) is 37.0 Å². The van der Waals surface area contributed by atoms with Crippen molar-refractivity contribution in [2.75, 3.05) is 12.3 Å². The van der Waals surface area contributed by atoms with Crippen molar-refractivity contribution in [1.29, 1.82) is 0 Å². The number of hydrogen-bond acceptors (Lipinski definition) is 9. The minimum Gasteiger partial charge on any atom is -0.508 e. The maximum absolute atomic E-state index is 13.4. The van der Waals surface area contributed by atoms with Crippen molar-refractivity contribution in [3.63, 3.8) is 0 Å². The molecular weight excluding hydrogens is 542 g/mol. The third-order valence-corrected chi connectivity index (χ3v) is 6.08. The maximum Gasteiger partial charge on any atom is 0.327 e. The number of carbonyl (C=O) groups is 4. The lowest BCUT2D eigenvalue weighted by Gasteiger charge is -2.25. The van der Waals surface area contributed by atoms with Crippen LogP contribution in [-0.2, 0) is 32.0 Å². The van der Waals surface area contributed by atoms with Gasteiger partial charge in [-0.3, -0.25) is 19.4 Å². The Hall–Kier alpha value is -4.31. The summed E-state index contributed by atoms with van der Waals surface area (Å²) in [5.74, 6) is -3.69. The molecular formula is C24H35N9O6S. The minimum atomic E-state index is -1.29. The van der Waals surface area contributed by atoms with Gasteiger partial charge in [-0.1, -0.05) is 12.1 Å². The summed E-state index contributed by atoms with van der Waals surface area (Å²) in [5.41, 5.74) is 17.9. The monoisotopic (exact) mass is 577 g/mol. The van der Waals surface area contributed by atoms with Crippen molar-refractivity contribution in [3.05, 3.63) is 48.0 Å². The molecule has 2 rings (SSSR count). The number of aromatic nitrogens is 2. The Morgan fingerprint density at radius 2 is 1.60 bits per heavy atom. The first-order valence-electron chi connectivity index (χ1n) is 12.3. The van der Waals surface area contributed by atoms with Crippen molar-refractivity contribution >= 4 is 42.3 Å². The molecule has 15 nitrogen and oxygen atoms in total. The normalized spacial score (nSPS) is 13.8. The molecule has 0 aliphatic carbocycles. The van der Waals surface area contributed by atoms with Crippen molar-refractivity contribution in [3.8, 4) is 5.75 Å². The zero-order chi connectivity index (χ0) is 29.7. The number of aromatic amines is 1. The number of aliphatic carboxylic acids is 1. The number of benzene rings is 1. The summed E-state index contributed by atoms with van der Waals surface area (Å²) >= 11 is 3.95. The smallest absolute Gasteiger partial charge is 0.327 e. The molecule has 0 spiro atoms. The Labute approximate surface area is 235 Å². The van der Waals surface area contributed by atoms with Gasteiger partial charge in [-0.05, 0) is 30.5 Å². The second kappa shape index (κ2) is 15.9. The van der Waals surface area contributed by atoms with E-state index in [4.69, 9.17) is 17.2 Å². The molecule has 0 fully saturated rings. The molecule has 16 heteroatoms. The lowest BCUT2D eigenvalue weighted by molar-refractivity contribution is -0.141. The first-order chi connectivity index (χ1) is 19.0. The molecule has 2 aromatic rings. The van der Waals surface area contributed by atoms with E-state index in [1.165, 1.54) is 24.7 Å². The third kappa shape index (κ3) is 10.8. The van der Waals surface area contributed by atoms with Gasteiger partial charge in [0.25, 0.3) is 0 Å². The van der Waals surface area contributed by atoms with Crippen LogP contribution >= 0.6 is 12.6 Å². The van der Waals surface area contributed by atoms with Crippen LogP contribution in [0.25, 0.3) is 0 Å². The lowest BCUT2D eigenvalue weighted by atomic mass is 10.0. The summed E-state index contributed by atoms with van der Waals surface area (Å²) in [7, 11) is 0. The van der Waals surface area contributed by atoms with Crippen molar-refractivity contribution in [2.24, 2.45) is 22.2 Å². The van der Waals surface area contributed by atoms with Crippen LogP contribution in [0.4, 0.5) is 0 Å². The fraction of sp³-hybridized carbons (Fsp3) is 0.417. The highest BCUT2D eigenvalue weighted by atomic mass is 32.1. The Morgan fingerprint density at radius 1 is 0.975 bits per heavy atom. The van der Waals surface area contributed by atoms with Crippen LogP contribution in [0.2, 0.25) is 0 Å². The number of phenols is 1. The van der Waals surface area contributed by atoms with Gasteiger partial charge in [0.05, 0.1) is 12.4 Å². The topological polar surface area (TPSA) is 264 Å². The first kappa shape index (κ1) is 31.9. The van der Waals surface area contributed by atoms with Crippen LogP contribution in [0.15, 0.2) is 41.8 Å². The molecule has 1 aromatic carbocycles. The average molecular weight is 578 g/mol. The van der Waals surface area contributed by atoms with Crippen LogP contribution in [0.3, 0.4) is 0 Å². The number of amides is 3. The van der Waals surface area contributed by atoms with E-state index in [2.05, 4.69) is 43.5 Å². The van der Waals surface area contributed by atoms with Crippen molar-refractivity contribution in [1.82, 2.24) is 25.9 Å². The number of rotatable bonds is 16.